The van der Waals surface area contributed by atoms with Gasteiger partial charge in [-0.25, -0.2) is 9.97 Å². The van der Waals surface area contributed by atoms with E-state index in [2.05, 4.69) is 10.3 Å². The smallest absolute Gasteiger partial charge is 0.118 e. The summed E-state index contributed by atoms with van der Waals surface area (Å²) >= 11 is 9.44. The summed E-state index contributed by atoms with van der Waals surface area (Å²) in [6, 6.07) is 0.770. The first-order valence-electron chi connectivity index (χ1n) is 6.65. The summed E-state index contributed by atoms with van der Waals surface area (Å²) < 4.78 is 0.752. The quantitative estimate of drug-likeness (QED) is 0.938. The van der Waals surface area contributed by atoms with Crippen LogP contribution in [0.4, 0.5) is 0 Å². The van der Waals surface area contributed by atoms with Crippen LogP contribution < -0.4 is 5.32 Å². The van der Waals surface area contributed by atoms with Crippen molar-refractivity contribution in [1.29, 1.82) is 0 Å². The second-order valence-electron chi connectivity index (χ2n) is 5.15. The molecule has 2 aliphatic carbocycles. The van der Waals surface area contributed by atoms with Crippen LogP contribution in [0.3, 0.4) is 0 Å². The Morgan fingerprint density at radius 3 is 2.84 bits per heavy atom. The SMILES string of the molecule is Clc1cnc(C(NC2CC2)c2nc3c(s2)CCC3)s1. The highest BCUT2D eigenvalue weighted by molar-refractivity contribution is 7.16. The van der Waals surface area contributed by atoms with Crippen molar-refractivity contribution in [1.82, 2.24) is 15.3 Å². The number of fused-ring (bicyclic) bond motifs is 1. The van der Waals surface area contributed by atoms with E-state index in [1.54, 1.807) is 17.5 Å². The molecule has 6 heteroatoms. The molecule has 0 bridgehead atoms. The minimum atomic E-state index is 0.139. The Hall–Kier alpha value is -0.490. The Balaban J connectivity index is 1.68. The highest BCUT2D eigenvalue weighted by Gasteiger charge is 2.31. The molecule has 1 fully saturated rings. The fourth-order valence-corrected chi connectivity index (χ4v) is 4.75. The fraction of sp³-hybridized carbons (Fsp3) is 0.538. The van der Waals surface area contributed by atoms with E-state index in [0.29, 0.717) is 6.04 Å². The van der Waals surface area contributed by atoms with Crippen molar-refractivity contribution in [3.63, 3.8) is 0 Å². The normalized spacial score (nSPS) is 19.6. The van der Waals surface area contributed by atoms with Crippen LogP contribution in [0.15, 0.2) is 6.20 Å². The van der Waals surface area contributed by atoms with E-state index in [9.17, 15) is 0 Å². The average Bonchev–Trinajstić information content (AvgIpc) is 2.78. The summed E-state index contributed by atoms with van der Waals surface area (Å²) in [6.07, 6.45) is 7.87. The number of aryl methyl sites for hydroxylation is 2. The largest absolute Gasteiger partial charge is 0.299 e. The number of hydrogen-bond donors (Lipinski definition) is 1. The summed E-state index contributed by atoms with van der Waals surface area (Å²) in [7, 11) is 0. The van der Waals surface area contributed by atoms with Crippen molar-refractivity contribution in [3.8, 4) is 0 Å². The Morgan fingerprint density at radius 2 is 2.16 bits per heavy atom. The molecule has 2 aromatic rings. The molecule has 0 aliphatic heterocycles. The molecule has 19 heavy (non-hydrogen) atoms. The molecule has 2 aromatic heterocycles. The molecule has 0 saturated heterocycles. The number of halogens is 1. The summed E-state index contributed by atoms with van der Waals surface area (Å²) in [5.74, 6) is 0. The second-order valence-corrected chi connectivity index (χ2v) is 7.96. The first-order chi connectivity index (χ1) is 9.29. The van der Waals surface area contributed by atoms with E-state index >= 15 is 0 Å². The molecule has 2 heterocycles. The van der Waals surface area contributed by atoms with E-state index in [-0.39, 0.29) is 6.04 Å². The molecule has 1 unspecified atom stereocenters. The number of hydrogen-bond acceptors (Lipinski definition) is 5. The molecule has 0 aromatic carbocycles. The lowest BCUT2D eigenvalue weighted by Crippen LogP contribution is -2.24. The molecule has 2 aliphatic rings. The van der Waals surface area contributed by atoms with Gasteiger partial charge in [0.1, 0.15) is 20.4 Å². The van der Waals surface area contributed by atoms with Crippen LogP contribution >= 0.6 is 34.3 Å². The van der Waals surface area contributed by atoms with E-state index in [1.165, 1.54) is 41.3 Å². The van der Waals surface area contributed by atoms with Gasteiger partial charge in [0.15, 0.2) is 0 Å². The van der Waals surface area contributed by atoms with Crippen molar-refractivity contribution < 1.29 is 0 Å². The lowest BCUT2D eigenvalue weighted by Gasteiger charge is -2.13. The molecule has 0 spiro atoms. The molecule has 100 valence electrons. The van der Waals surface area contributed by atoms with Gasteiger partial charge >= 0.3 is 0 Å². The van der Waals surface area contributed by atoms with Gasteiger partial charge in [-0.3, -0.25) is 5.32 Å². The molecule has 3 nitrogen and oxygen atoms in total. The third-order valence-electron chi connectivity index (χ3n) is 3.58. The van der Waals surface area contributed by atoms with Crippen LogP contribution in [0.2, 0.25) is 4.34 Å². The molecule has 0 radical (unpaired) electrons. The molecule has 0 amide bonds. The minimum Gasteiger partial charge on any atom is -0.299 e. The third kappa shape index (κ3) is 2.44. The highest BCUT2D eigenvalue weighted by atomic mass is 35.5. The molecule has 1 saturated carbocycles. The minimum absolute atomic E-state index is 0.139. The van der Waals surface area contributed by atoms with Gasteiger partial charge in [-0.15, -0.1) is 22.7 Å². The maximum atomic E-state index is 6.03. The topological polar surface area (TPSA) is 37.8 Å². The average molecular weight is 312 g/mol. The van der Waals surface area contributed by atoms with E-state index in [1.807, 2.05) is 11.3 Å². The Kier molecular flexibility index (Phi) is 3.10. The van der Waals surface area contributed by atoms with Crippen LogP contribution in [0.25, 0.3) is 0 Å². The lowest BCUT2D eigenvalue weighted by atomic mass is 10.3. The Morgan fingerprint density at radius 1 is 1.26 bits per heavy atom. The van der Waals surface area contributed by atoms with Crippen molar-refractivity contribution in [2.24, 2.45) is 0 Å². The predicted molar refractivity (Wildman–Crippen MR) is 79.3 cm³/mol. The number of aromatic nitrogens is 2. The molecular weight excluding hydrogens is 298 g/mol. The van der Waals surface area contributed by atoms with Crippen LogP contribution in [0.5, 0.6) is 0 Å². The van der Waals surface area contributed by atoms with Gasteiger partial charge in [-0.1, -0.05) is 11.6 Å². The van der Waals surface area contributed by atoms with Crippen molar-refractivity contribution >= 4 is 34.3 Å². The second kappa shape index (κ2) is 4.81. The van der Waals surface area contributed by atoms with E-state index in [4.69, 9.17) is 16.6 Å². The van der Waals surface area contributed by atoms with E-state index in [0.717, 1.165) is 15.8 Å². The maximum Gasteiger partial charge on any atom is 0.118 e. The monoisotopic (exact) mass is 311 g/mol. The Labute approximate surface area is 125 Å². The van der Waals surface area contributed by atoms with Crippen molar-refractivity contribution in [2.45, 2.75) is 44.2 Å². The number of nitrogens with one attached hydrogen (secondary N) is 1. The van der Waals surface area contributed by atoms with Crippen LogP contribution in [0.1, 0.15) is 45.9 Å². The zero-order valence-electron chi connectivity index (χ0n) is 10.4. The molecule has 1 N–H and O–H groups in total. The summed E-state index contributed by atoms with van der Waals surface area (Å²) in [6.45, 7) is 0. The molecule has 1 atom stereocenters. The first-order valence-corrected chi connectivity index (χ1v) is 8.66. The van der Waals surface area contributed by atoms with Crippen LogP contribution in [-0.4, -0.2) is 16.0 Å². The summed E-state index contributed by atoms with van der Waals surface area (Å²) in [4.78, 5) is 10.8. The fourth-order valence-electron chi connectivity index (χ4n) is 2.47. The number of thiazole rings is 2. The van der Waals surface area contributed by atoms with Gasteiger partial charge in [-0.2, -0.15) is 0 Å². The van der Waals surface area contributed by atoms with E-state index < -0.39 is 0 Å². The summed E-state index contributed by atoms with van der Waals surface area (Å²) in [5, 5.41) is 5.88. The van der Waals surface area contributed by atoms with Crippen LogP contribution in [0, 0.1) is 0 Å². The van der Waals surface area contributed by atoms with Gasteiger partial charge in [0.2, 0.25) is 0 Å². The predicted octanol–water partition coefficient (Wildman–Crippen LogP) is 3.58. The maximum absolute atomic E-state index is 6.03. The van der Waals surface area contributed by atoms with Gasteiger partial charge in [-0.05, 0) is 32.1 Å². The van der Waals surface area contributed by atoms with Gasteiger partial charge < -0.3 is 0 Å². The van der Waals surface area contributed by atoms with Crippen molar-refractivity contribution in [2.75, 3.05) is 0 Å². The van der Waals surface area contributed by atoms with Gasteiger partial charge in [0.25, 0.3) is 0 Å². The molecule has 4 rings (SSSR count). The summed E-state index contributed by atoms with van der Waals surface area (Å²) in [5.41, 5.74) is 1.31. The lowest BCUT2D eigenvalue weighted by molar-refractivity contribution is 0.593. The Bertz CT molecular complexity index is 581. The number of rotatable bonds is 4. The highest BCUT2D eigenvalue weighted by Crippen LogP contribution is 2.37. The van der Waals surface area contributed by atoms with Gasteiger partial charge in [0.05, 0.1) is 11.9 Å². The first kappa shape index (κ1) is 12.3. The van der Waals surface area contributed by atoms with Gasteiger partial charge in [0, 0.05) is 10.9 Å². The number of nitrogens with zero attached hydrogens (tertiary/aromatic N) is 2. The zero-order valence-corrected chi connectivity index (χ0v) is 12.7. The standard InChI is InChI=1S/C13H14ClN3S2/c14-10-6-15-12(19-10)11(16-7-4-5-7)13-17-8-2-1-3-9(8)18-13/h6-7,11,16H,1-5H2. The van der Waals surface area contributed by atoms with Crippen LogP contribution in [-0.2, 0) is 12.8 Å². The zero-order chi connectivity index (χ0) is 12.8. The molecular formula is C13H14ClN3S2. The van der Waals surface area contributed by atoms with Crippen molar-refractivity contribution in [3.05, 3.63) is 31.1 Å². The third-order valence-corrected chi connectivity index (χ3v) is 5.98.